The van der Waals surface area contributed by atoms with Crippen molar-refractivity contribution >= 4 is 5.91 Å². The maximum absolute atomic E-state index is 12.5. The van der Waals surface area contributed by atoms with E-state index in [9.17, 15) is 15.0 Å². The largest absolute Gasteiger partial charge is 0.394 e. The molecule has 0 aliphatic rings. The number of amides is 1. The summed E-state index contributed by atoms with van der Waals surface area (Å²) >= 11 is 0. The third-order valence-corrected chi connectivity index (χ3v) is 14.0. The van der Waals surface area contributed by atoms with Gasteiger partial charge in [-0.25, -0.2) is 0 Å². The number of aliphatic hydroxyl groups excluding tert-OH is 2. The number of carbonyl (C=O) groups is 1. The summed E-state index contributed by atoms with van der Waals surface area (Å²) in [6.45, 7) is 4.20. The molecule has 2 atom stereocenters. The summed E-state index contributed by atoms with van der Waals surface area (Å²) in [7, 11) is 0. The fraction of sp³-hybridized carbons (Fsp3) is 0.750. The van der Waals surface area contributed by atoms with Gasteiger partial charge >= 0.3 is 0 Å². The zero-order chi connectivity index (χ0) is 52.0. The van der Waals surface area contributed by atoms with Crippen LogP contribution in [0.5, 0.6) is 0 Å². The highest BCUT2D eigenvalue weighted by Crippen LogP contribution is 2.17. The molecule has 2 unspecified atom stereocenters. The van der Waals surface area contributed by atoms with Crippen molar-refractivity contribution < 1.29 is 15.0 Å². The zero-order valence-electron chi connectivity index (χ0n) is 47.9. The zero-order valence-corrected chi connectivity index (χ0v) is 47.9. The van der Waals surface area contributed by atoms with Gasteiger partial charge in [0.1, 0.15) is 0 Å². The molecule has 0 saturated heterocycles. The molecule has 0 rings (SSSR count). The van der Waals surface area contributed by atoms with E-state index in [-0.39, 0.29) is 12.5 Å². The van der Waals surface area contributed by atoms with Crippen LogP contribution in [0, 0.1) is 0 Å². The third-order valence-electron chi connectivity index (χ3n) is 14.0. The topological polar surface area (TPSA) is 69.6 Å². The van der Waals surface area contributed by atoms with E-state index in [0.29, 0.717) is 6.42 Å². The summed E-state index contributed by atoms with van der Waals surface area (Å²) in [5.74, 6) is -0.0762. The molecule has 3 N–H and O–H groups in total. The molecule has 0 spiro atoms. The maximum Gasteiger partial charge on any atom is 0.220 e. The Morgan fingerprint density at radius 1 is 0.347 bits per heavy atom. The molecule has 0 fully saturated rings. The van der Waals surface area contributed by atoms with Crippen LogP contribution >= 0.6 is 0 Å². The van der Waals surface area contributed by atoms with E-state index in [1.807, 2.05) is 6.08 Å². The van der Waals surface area contributed by atoms with E-state index in [0.717, 1.165) is 70.6 Å². The average molecular weight is 1000 g/mol. The van der Waals surface area contributed by atoms with Gasteiger partial charge in [-0.2, -0.15) is 0 Å². The molecule has 0 aromatic heterocycles. The van der Waals surface area contributed by atoms with Crippen LogP contribution in [-0.4, -0.2) is 34.9 Å². The SMILES string of the molecule is CC/C=C\C/C=C\C/C=C\C/C=C\C/C=C\CCCCCCCCCCCCCCCCCCCCCC(=O)NC(CO)C(O)/C=C/CC/C=C/CC/C=C/CCCCCCCCCCCCCCCCC. The predicted octanol–water partition coefficient (Wildman–Crippen LogP) is 21.3. The van der Waals surface area contributed by atoms with Crippen LogP contribution in [0.15, 0.2) is 97.2 Å². The van der Waals surface area contributed by atoms with E-state index in [2.05, 4.69) is 104 Å². The van der Waals surface area contributed by atoms with Crippen molar-refractivity contribution in [1.82, 2.24) is 5.32 Å². The van der Waals surface area contributed by atoms with Crippen molar-refractivity contribution in [2.75, 3.05) is 6.61 Å². The minimum absolute atomic E-state index is 0.0762. The Morgan fingerprint density at radius 3 is 0.972 bits per heavy atom. The number of aliphatic hydroxyl groups is 2. The summed E-state index contributed by atoms with van der Waals surface area (Å²) in [4.78, 5) is 12.5. The molecule has 416 valence electrons. The highest BCUT2D eigenvalue weighted by molar-refractivity contribution is 5.76. The standard InChI is InChI=1S/C68H121NO3/c1-3-5-7-9-11-13-15-17-19-21-23-25-27-29-30-31-32-33-34-35-36-37-38-40-42-44-46-48-50-52-54-56-58-60-62-64-68(72)69-66(65-70)67(71)63-61-59-57-55-53-51-49-47-45-43-41-39-28-26-24-22-20-18-16-14-12-10-8-6-4-2/h5,7,11,13,17,19,23,25,29-30,45,47,53,55,61,63,66-67,70-71H,3-4,6,8-10,12,14-16,18,20-22,24,26-28,31-44,46,48-52,54,56-60,62,64-65H2,1-2H3,(H,69,72)/b7-5-,13-11-,19-17-,25-23-,30-29-,47-45+,55-53+,63-61+. The monoisotopic (exact) mass is 1000 g/mol. The van der Waals surface area contributed by atoms with Crippen molar-refractivity contribution in [3.63, 3.8) is 0 Å². The van der Waals surface area contributed by atoms with Crippen LogP contribution in [0.4, 0.5) is 0 Å². The molecule has 4 nitrogen and oxygen atoms in total. The first kappa shape index (κ1) is 69.3. The number of carbonyl (C=O) groups excluding carboxylic acids is 1. The highest BCUT2D eigenvalue weighted by atomic mass is 16.3. The van der Waals surface area contributed by atoms with Gasteiger partial charge in [0.05, 0.1) is 18.8 Å². The van der Waals surface area contributed by atoms with Crippen LogP contribution < -0.4 is 5.32 Å². The Hall–Kier alpha value is -2.69. The Labute approximate surface area is 449 Å². The lowest BCUT2D eigenvalue weighted by atomic mass is 10.0. The van der Waals surface area contributed by atoms with E-state index in [1.165, 1.54) is 218 Å². The van der Waals surface area contributed by atoms with Gasteiger partial charge < -0.3 is 15.5 Å². The first-order chi connectivity index (χ1) is 35.7. The molecule has 0 aromatic rings. The lowest BCUT2D eigenvalue weighted by molar-refractivity contribution is -0.123. The van der Waals surface area contributed by atoms with Gasteiger partial charge in [0.25, 0.3) is 0 Å². The van der Waals surface area contributed by atoms with Crippen LogP contribution in [0.25, 0.3) is 0 Å². The number of nitrogens with one attached hydrogen (secondary N) is 1. The van der Waals surface area contributed by atoms with Crippen LogP contribution in [0.2, 0.25) is 0 Å². The third kappa shape index (κ3) is 58.2. The van der Waals surface area contributed by atoms with Gasteiger partial charge in [0.2, 0.25) is 5.91 Å². The summed E-state index contributed by atoms with van der Waals surface area (Å²) in [5, 5.41) is 23.2. The Morgan fingerprint density at radius 2 is 0.625 bits per heavy atom. The minimum atomic E-state index is -0.875. The number of hydrogen-bond acceptors (Lipinski definition) is 3. The van der Waals surface area contributed by atoms with Gasteiger partial charge in [-0.3, -0.25) is 4.79 Å². The summed E-state index contributed by atoms with van der Waals surface area (Å²) in [6, 6.07) is -0.650. The normalized spacial score (nSPS) is 13.4. The second-order valence-corrected chi connectivity index (χ2v) is 21.1. The molecule has 0 aromatic carbocycles. The molecule has 0 aliphatic heterocycles. The van der Waals surface area contributed by atoms with Crippen LogP contribution in [0.1, 0.15) is 309 Å². The lowest BCUT2D eigenvalue weighted by Crippen LogP contribution is -2.45. The molecule has 72 heavy (non-hydrogen) atoms. The summed E-state index contributed by atoms with van der Waals surface area (Å²) < 4.78 is 0. The van der Waals surface area contributed by atoms with Crippen molar-refractivity contribution in [3.8, 4) is 0 Å². The Bertz CT molecular complexity index is 1320. The van der Waals surface area contributed by atoms with E-state index >= 15 is 0 Å². The second-order valence-electron chi connectivity index (χ2n) is 21.1. The van der Waals surface area contributed by atoms with E-state index < -0.39 is 12.1 Å². The van der Waals surface area contributed by atoms with Crippen molar-refractivity contribution in [3.05, 3.63) is 97.2 Å². The molecular weight excluding hydrogens is 879 g/mol. The first-order valence-electron chi connectivity index (χ1n) is 31.5. The molecule has 0 heterocycles. The molecular formula is C68H121NO3. The fourth-order valence-electron chi connectivity index (χ4n) is 9.30. The van der Waals surface area contributed by atoms with Crippen LogP contribution in [-0.2, 0) is 4.79 Å². The maximum atomic E-state index is 12.5. The number of hydrogen-bond donors (Lipinski definition) is 3. The van der Waals surface area contributed by atoms with Crippen LogP contribution in [0.3, 0.4) is 0 Å². The number of allylic oxidation sites excluding steroid dienone is 15. The van der Waals surface area contributed by atoms with E-state index in [1.54, 1.807) is 6.08 Å². The minimum Gasteiger partial charge on any atom is -0.394 e. The van der Waals surface area contributed by atoms with Gasteiger partial charge in [-0.1, -0.05) is 310 Å². The quantitative estimate of drug-likeness (QED) is 0.0420. The fourth-order valence-corrected chi connectivity index (χ4v) is 9.30. The number of rotatable bonds is 57. The summed E-state index contributed by atoms with van der Waals surface area (Å²) in [6.07, 6.45) is 93.2. The van der Waals surface area contributed by atoms with Crippen molar-refractivity contribution in [1.29, 1.82) is 0 Å². The summed E-state index contributed by atoms with van der Waals surface area (Å²) in [5.41, 5.74) is 0. The smallest absolute Gasteiger partial charge is 0.220 e. The molecule has 1 amide bonds. The lowest BCUT2D eigenvalue weighted by Gasteiger charge is -2.19. The first-order valence-corrected chi connectivity index (χ1v) is 31.5. The van der Waals surface area contributed by atoms with Crippen molar-refractivity contribution in [2.24, 2.45) is 0 Å². The molecule has 0 aliphatic carbocycles. The average Bonchev–Trinajstić information content (AvgIpc) is 3.39. The van der Waals surface area contributed by atoms with Gasteiger partial charge in [-0.05, 0) is 89.9 Å². The van der Waals surface area contributed by atoms with E-state index in [4.69, 9.17) is 0 Å². The molecule has 0 bridgehead atoms. The predicted molar refractivity (Wildman–Crippen MR) is 322 cm³/mol. The highest BCUT2D eigenvalue weighted by Gasteiger charge is 2.18. The molecule has 0 saturated carbocycles. The number of unbranched alkanes of at least 4 members (excludes halogenated alkanes) is 36. The second kappa shape index (κ2) is 62.6. The van der Waals surface area contributed by atoms with Gasteiger partial charge in [-0.15, -0.1) is 0 Å². The molecule has 4 heteroatoms. The van der Waals surface area contributed by atoms with Gasteiger partial charge in [0, 0.05) is 6.42 Å². The van der Waals surface area contributed by atoms with Crippen molar-refractivity contribution in [2.45, 2.75) is 321 Å². The van der Waals surface area contributed by atoms with Gasteiger partial charge in [0.15, 0.2) is 0 Å². The Kier molecular flexibility index (Phi) is 60.3. The molecule has 0 radical (unpaired) electrons. The Balaban J connectivity index is 3.52.